The minimum atomic E-state index is -0.188. The lowest BCUT2D eigenvalue weighted by Crippen LogP contribution is -2.26. The first-order valence-corrected chi connectivity index (χ1v) is 5.94. The summed E-state index contributed by atoms with van der Waals surface area (Å²) in [6.45, 7) is 0.538. The van der Waals surface area contributed by atoms with Gasteiger partial charge >= 0.3 is 0 Å². The first-order chi connectivity index (χ1) is 9.22. The van der Waals surface area contributed by atoms with Gasteiger partial charge in [0.05, 0.1) is 13.4 Å². The molecule has 0 aliphatic heterocycles. The van der Waals surface area contributed by atoms with Crippen LogP contribution in [-0.4, -0.2) is 34.1 Å². The molecule has 6 nitrogen and oxygen atoms in total. The van der Waals surface area contributed by atoms with Crippen LogP contribution >= 0.6 is 0 Å². The van der Waals surface area contributed by atoms with E-state index in [0.717, 1.165) is 12.1 Å². The molecule has 0 fully saturated rings. The van der Waals surface area contributed by atoms with Crippen LogP contribution in [-0.2, 0) is 13.5 Å². The average Bonchev–Trinajstić information content (AvgIpc) is 2.84. The summed E-state index contributed by atoms with van der Waals surface area (Å²) in [5, 5.41) is 2.84. The van der Waals surface area contributed by atoms with Gasteiger partial charge in [-0.2, -0.15) is 0 Å². The van der Waals surface area contributed by atoms with Crippen molar-refractivity contribution in [1.82, 2.24) is 19.9 Å². The Morgan fingerprint density at radius 1 is 1.53 bits per heavy atom. The number of hydrogen-bond acceptors (Lipinski definition) is 4. The number of pyridine rings is 1. The summed E-state index contributed by atoms with van der Waals surface area (Å²) >= 11 is 0. The number of ether oxygens (including phenoxy) is 1. The van der Waals surface area contributed by atoms with Gasteiger partial charge in [-0.25, -0.2) is 9.97 Å². The molecule has 1 amide bonds. The maximum Gasteiger partial charge on any atom is 0.256 e. The molecule has 2 heterocycles. The molecule has 100 valence electrons. The van der Waals surface area contributed by atoms with Crippen LogP contribution in [0.15, 0.2) is 30.9 Å². The van der Waals surface area contributed by atoms with E-state index in [1.54, 1.807) is 30.9 Å². The summed E-state index contributed by atoms with van der Waals surface area (Å²) in [4.78, 5) is 20.0. The molecule has 6 heteroatoms. The van der Waals surface area contributed by atoms with Crippen molar-refractivity contribution in [3.63, 3.8) is 0 Å². The lowest BCUT2D eigenvalue weighted by molar-refractivity contribution is 0.0950. The maximum absolute atomic E-state index is 12.0. The van der Waals surface area contributed by atoms with Crippen LogP contribution in [0.4, 0.5) is 0 Å². The fourth-order valence-corrected chi connectivity index (χ4v) is 1.75. The summed E-state index contributed by atoms with van der Waals surface area (Å²) in [7, 11) is 3.42. The highest BCUT2D eigenvalue weighted by atomic mass is 16.5. The van der Waals surface area contributed by atoms with Gasteiger partial charge in [0.15, 0.2) is 0 Å². The molecular weight excluding hydrogens is 244 g/mol. The molecule has 2 aromatic heterocycles. The zero-order chi connectivity index (χ0) is 13.7. The minimum Gasteiger partial charge on any atom is -0.480 e. The Kier molecular flexibility index (Phi) is 4.12. The molecule has 0 aliphatic rings. The minimum absolute atomic E-state index is 0.188. The fourth-order valence-electron chi connectivity index (χ4n) is 1.75. The Labute approximate surface area is 111 Å². The number of aromatic nitrogens is 3. The summed E-state index contributed by atoms with van der Waals surface area (Å²) in [5.74, 6) is 0.146. The number of hydrogen-bond donors (Lipinski definition) is 1. The van der Waals surface area contributed by atoms with Gasteiger partial charge in [0.25, 0.3) is 5.91 Å². The second-order valence-electron chi connectivity index (χ2n) is 4.06. The van der Waals surface area contributed by atoms with E-state index in [0.29, 0.717) is 18.0 Å². The normalized spacial score (nSPS) is 10.2. The van der Waals surface area contributed by atoms with Gasteiger partial charge in [-0.1, -0.05) is 0 Å². The van der Waals surface area contributed by atoms with Crippen molar-refractivity contribution in [2.24, 2.45) is 7.05 Å². The zero-order valence-electron chi connectivity index (χ0n) is 11.0. The van der Waals surface area contributed by atoms with Crippen molar-refractivity contribution in [2.75, 3.05) is 13.7 Å². The van der Waals surface area contributed by atoms with Gasteiger partial charge < -0.3 is 14.6 Å². The van der Waals surface area contributed by atoms with Gasteiger partial charge in [0, 0.05) is 38.1 Å². The van der Waals surface area contributed by atoms with Crippen LogP contribution in [0.2, 0.25) is 0 Å². The lowest BCUT2D eigenvalue weighted by Gasteiger charge is -2.08. The monoisotopic (exact) mass is 260 g/mol. The predicted octanol–water partition coefficient (Wildman–Crippen LogP) is 0.796. The quantitative estimate of drug-likeness (QED) is 0.863. The van der Waals surface area contributed by atoms with E-state index in [2.05, 4.69) is 15.3 Å². The molecule has 0 bridgehead atoms. The zero-order valence-corrected chi connectivity index (χ0v) is 11.0. The molecule has 0 saturated heterocycles. The van der Waals surface area contributed by atoms with Gasteiger partial charge in [-0.15, -0.1) is 0 Å². The van der Waals surface area contributed by atoms with Crippen molar-refractivity contribution in [3.05, 3.63) is 42.1 Å². The third-order valence-electron chi connectivity index (χ3n) is 2.79. The average molecular weight is 260 g/mol. The highest BCUT2D eigenvalue weighted by Crippen LogP contribution is 2.12. The molecular formula is C13H16N4O2. The van der Waals surface area contributed by atoms with E-state index in [-0.39, 0.29) is 5.91 Å². The Morgan fingerprint density at radius 3 is 3.05 bits per heavy atom. The van der Waals surface area contributed by atoms with E-state index in [1.165, 1.54) is 7.11 Å². The number of nitrogens with one attached hydrogen (secondary N) is 1. The van der Waals surface area contributed by atoms with Gasteiger partial charge in [-0.3, -0.25) is 4.79 Å². The van der Waals surface area contributed by atoms with Crippen LogP contribution < -0.4 is 10.1 Å². The summed E-state index contributed by atoms with van der Waals surface area (Å²) in [6.07, 6.45) is 5.84. The van der Waals surface area contributed by atoms with Crippen molar-refractivity contribution in [1.29, 1.82) is 0 Å². The summed E-state index contributed by atoms with van der Waals surface area (Å²) < 4.78 is 6.98. The molecule has 0 spiro atoms. The van der Waals surface area contributed by atoms with Crippen molar-refractivity contribution in [3.8, 4) is 5.88 Å². The molecule has 0 unspecified atom stereocenters. The van der Waals surface area contributed by atoms with Gasteiger partial charge in [0.1, 0.15) is 5.56 Å². The second-order valence-corrected chi connectivity index (χ2v) is 4.06. The predicted molar refractivity (Wildman–Crippen MR) is 70.0 cm³/mol. The van der Waals surface area contributed by atoms with Crippen molar-refractivity contribution in [2.45, 2.75) is 6.42 Å². The smallest absolute Gasteiger partial charge is 0.256 e. The number of aryl methyl sites for hydroxylation is 1. The highest BCUT2D eigenvalue weighted by molar-refractivity contribution is 5.96. The highest BCUT2D eigenvalue weighted by Gasteiger charge is 2.12. The molecule has 0 radical (unpaired) electrons. The largest absolute Gasteiger partial charge is 0.480 e. The summed E-state index contributed by atoms with van der Waals surface area (Å²) in [5.41, 5.74) is 1.51. The third kappa shape index (κ3) is 3.09. The molecule has 2 rings (SSSR count). The summed E-state index contributed by atoms with van der Waals surface area (Å²) in [6, 6.07) is 3.39. The maximum atomic E-state index is 12.0. The van der Waals surface area contributed by atoms with Crippen LogP contribution in [0, 0.1) is 0 Å². The first-order valence-electron chi connectivity index (χ1n) is 5.94. The SMILES string of the molecule is COc1ncccc1C(=O)NCCc1cncn1C. The molecule has 0 aliphatic carbocycles. The van der Waals surface area contributed by atoms with E-state index in [1.807, 2.05) is 11.6 Å². The standard InChI is InChI=1S/C13H16N4O2/c1-17-9-14-8-10(17)5-7-15-12(18)11-4-3-6-16-13(11)19-2/h3-4,6,8-9H,5,7H2,1-2H3,(H,15,18). The van der Waals surface area contributed by atoms with E-state index in [9.17, 15) is 4.79 Å². The van der Waals surface area contributed by atoms with Gasteiger partial charge in [0.2, 0.25) is 5.88 Å². The molecule has 0 atom stereocenters. The Hall–Kier alpha value is -2.37. The number of rotatable bonds is 5. The third-order valence-corrected chi connectivity index (χ3v) is 2.79. The van der Waals surface area contributed by atoms with Gasteiger partial charge in [-0.05, 0) is 12.1 Å². The molecule has 19 heavy (non-hydrogen) atoms. The molecule has 0 aromatic carbocycles. The Bertz CT molecular complexity index is 565. The topological polar surface area (TPSA) is 69.0 Å². The van der Waals surface area contributed by atoms with E-state index in [4.69, 9.17) is 4.74 Å². The fraction of sp³-hybridized carbons (Fsp3) is 0.308. The molecule has 0 saturated carbocycles. The van der Waals surface area contributed by atoms with Crippen molar-refractivity contribution >= 4 is 5.91 Å². The molecule has 2 aromatic rings. The number of methoxy groups -OCH3 is 1. The lowest BCUT2D eigenvalue weighted by atomic mass is 10.2. The molecule has 1 N–H and O–H groups in total. The number of imidazole rings is 1. The number of nitrogens with zero attached hydrogens (tertiary/aromatic N) is 3. The Morgan fingerprint density at radius 2 is 2.37 bits per heavy atom. The number of amides is 1. The van der Waals surface area contributed by atoms with Crippen LogP contribution in [0.3, 0.4) is 0 Å². The van der Waals surface area contributed by atoms with Crippen LogP contribution in [0.25, 0.3) is 0 Å². The Balaban J connectivity index is 1.93. The van der Waals surface area contributed by atoms with E-state index < -0.39 is 0 Å². The van der Waals surface area contributed by atoms with E-state index >= 15 is 0 Å². The van der Waals surface area contributed by atoms with Crippen molar-refractivity contribution < 1.29 is 9.53 Å². The second kappa shape index (κ2) is 5.99. The van der Waals surface area contributed by atoms with Crippen LogP contribution in [0.1, 0.15) is 16.1 Å². The number of carbonyl (C=O) groups is 1. The first kappa shape index (κ1) is 13.1. The van der Waals surface area contributed by atoms with Crippen LogP contribution in [0.5, 0.6) is 5.88 Å². The number of carbonyl (C=O) groups excluding carboxylic acids is 1.